The summed E-state index contributed by atoms with van der Waals surface area (Å²) in [5, 5.41) is 3.16. The van der Waals surface area contributed by atoms with E-state index in [1.54, 1.807) is 14.2 Å². The van der Waals surface area contributed by atoms with E-state index >= 15 is 0 Å². The predicted octanol–water partition coefficient (Wildman–Crippen LogP) is 1.86. The maximum atomic E-state index is 5.65. The summed E-state index contributed by atoms with van der Waals surface area (Å²) < 4.78 is 16.1. The standard InChI is InChI=1S/C13H19NO3/c1-4-8-14-9-10-17-13-11(15-2)6-5-7-12(13)16-3/h4-7,14H,1,8-10H2,2-3H3. The first-order valence-corrected chi connectivity index (χ1v) is 5.49. The summed E-state index contributed by atoms with van der Waals surface area (Å²) in [5.41, 5.74) is 0. The molecule has 0 spiro atoms. The van der Waals surface area contributed by atoms with Gasteiger partial charge in [0.1, 0.15) is 6.61 Å². The molecule has 94 valence electrons. The Morgan fingerprint density at radius 3 is 2.41 bits per heavy atom. The van der Waals surface area contributed by atoms with Crippen LogP contribution in [0.2, 0.25) is 0 Å². The van der Waals surface area contributed by atoms with Crippen molar-refractivity contribution in [1.82, 2.24) is 5.32 Å². The third kappa shape index (κ3) is 4.00. The third-order valence-electron chi connectivity index (χ3n) is 2.20. The lowest BCUT2D eigenvalue weighted by molar-refractivity contribution is 0.275. The summed E-state index contributed by atoms with van der Waals surface area (Å²) in [6.07, 6.45) is 1.81. The van der Waals surface area contributed by atoms with Crippen LogP contribution in [0.1, 0.15) is 0 Å². The van der Waals surface area contributed by atoms with Crippen molar-refractivity contribution in [3.8, 4) is 17.2 Å². The molecule has 0 saturated heterocycles. The number of rotatable bonds is 8. The predicted molar refractivity (Wildman–Crippen MR) is 68.1 cm³/mol. The molecule has 0 aliphatic heterocycles. The summed E-state index contributed by atoms with van der Waals surface area (Å²) in [4.78, 5) is 0. The topological polar surface area (TPSA) is 39.7 Å². The van der Waals surface area contributed by atoms with Crippen LogP contribution in [0, 0.1) is 0 Å². The molecule has 1 N–H and O–H groups in total. The average molecular weight is 237 g/mol. The Kier molecular flexibility index (Phi) is 5.96. The van der Waals surface area contributed by atoms with Crippen molar-refractivity contribution >= 4 is 0 Å². The van der Waals surface area contributed by atoms with Gasteiger partial charge in [0, 0.05) is 13.1 Å². The van der Waals surface area contributed by atoms with E-state index in [0.717, 1.165) is 13.1 Å². The maximum Gasteiger partial charge on any atom is 0.203 e. The highest BCUT2D eigenvalue weighted by atomic mass is 16.5. The first-order valence-electron chi connectivity index (χ1n) is 5.49. The van der Waals surface area contributed by atoms with Gasteiger partial charge in [-0.1, -0.05) is 12.1 Å². The highest BCUT2D eigenvalue weighted by molar-refractivity contribution is 5.51. The zero-order chi connectivity index (χ0) is 12.5. The lowest BCUT2D eigenvalue weighted by Gasteiger charge is -2.14. The van der Waals surface area contributed by atoms with Gasteiger partial charge in [-0.05, 0) is 12.1 Å². The minimum atomic E-state index is 0.546. The quantitative estimate of drug-likeness (QED) is 0.553. The van der Waals surface area contributed by atoms with Crippen molar-refractivity contribution in [2.75, 3.05) is 33.9 Å². The Hall–Kier alpha value is -1.68. The van der Waals surface area contributed by atoms with Gasteiger partial charge in [0.15, 0.2) is 11.5 Å². The molecular formula is C13H19NO3. The molecule has 1 rings (SSSR count). The zero-order valence-corrected chi connectivity index (χ0v) is 10.4. The molecule has 0 atom stereocenters. The molecular weight excluding hydrogens is 218 g/mol. The highest BCUT2D eigenvalue weighted by Crippen LogP contribution is 2.36. The minimum Gasteiger partial charge on any atom is -0.493 e. The maximum absolute atomic E-state index is 5.65. The Bertz CT molecular complexity index is 330. The zero-order valence-electron chi connectivity index (χ0n) is 10.4. The van der Waals surface area contributed by atoms with Gasteiger partial charge in [-0.25, -0.2) is 0 Å². The SMILES string of the molecule is C=CCNCCOc1c(OC)cccc1OC. The molecule has 0 aliphatic rings. The van der Waals surface area contributed by atoms with Crippen LogP contribution in [0.3, 0.4) is 0 Å². The molecule has 0 saturated carbocycles. The average Bonchev–Trinajstić information content (AvgIpc) is 2.38. The Balaban J connectivity index is 2.58. The molecule has 0 fully saturated rings. The summed E-state index contributed by atoms with van der Waals surface area (Å²) in [7, 11) is 3.22. The van der Waals surface area contributed by atoms with E-state index in [-0.39, 0.29) is 0 Å². The molecule has 0 radical (unpaired) electrons. The second-order valence-corrected chi connectivity index (χ2v) is 3.33. The van der Waals surface area contributed by atoms with Crippen LogP contribution in [0.5, 0.6) is 17.2 Å². The smallest absolute Gasteiger partial charge is 0.203 e. The van der Waals surface area contributed by atoms with Gasteiger partial charge in [0.25, 0.3) is 0 Å². The van der Waals surface area contributed by atoms with Gasteiger partial charge in [-0.2, -0.15) is 0 Å². The minimum absolute atomic E-state index is 0.546. The van der Waals surface area contributed by atoms with Crippen molar-refractivity contribution in [3.05, 3.63) is 30.9 Å². The Morgan fingerprint density at radius 2 is 1.88 bits per heavy atom. The summed E-state index contributed by atoms with van der Waals surface area (Å²) in [6, 6.07) is 5.55. The van der Waals surface area contributed by atoms with Gasteiger partial charge in [0.2, 0.25) is 5.75 Å². The number of nitrogens with one attached hydrogen (secondary N) is 1. The van der Waals surface area contributed by atoms with Crippen molar-refractivity contribution in [2.45, 2.75) is 0 Å². The molecule has 4 nitrogen and oxygen atoms in total. The Morgan fingerprint density at radius 1 is 1.24 bits per heavy atom. The van der Waals surface area contributed by atoms with Crippen LogP contribution in [0.15, 0.2) is 30.9 Å². The lowest BCUT2D eigenvalue weighted by atomic mass is 10.3. The fourth-order valence-corrected chi connectivity index (χ4v) is 1.39. The molecule has 0 amide bonds. The van der Waals surface area contributed by atoms with Gasteiger partial charge < -0.3 is 19.5 Å². The molecule has 0 unspecified atom stereocenters. The first-order chi connectivity index (χ1) is 8.33. The fraction of sp³-hybridized carbons (Fsp3) is 0.385. The second kappa shape index (κ2) is 7.57. The molecule has 0 heterocycles. The summed E-state index contributed by atoms with van der Waals surface area (Å²) in [5.74, 6) is 1.99. The number of para-hydroxylation sites is 1. The van der Waals surface area contributed by atoms with Crippen molar-refractivity contribution in [1.29, 1.82) is 0 Å². The van der Waals surface area contributed by atoms with E-state index in [1.165, 1.54) is 0 Å². The van der Waals surface area contributed by atoms with Crippen LogP contribution in [0.4, 0.5) is 0 Å². The molecule has 4 heteroatoms. The van der Waals surface area contributed by atoms with E-state index in [2.05, 4.69) is 11.9 Å². The number of hydrogen-bond donors (Lipinski definition) is 1. The number of hydrogen-bond acceptors (Lipinski definition) is 4. The fourth-order valence-electron chi connectivity index (χ4n) is 1.39. The normalized spacial score (nSPS) is 9.76. The summed E-state index contributed by atoms with van der Waals surface area (Å²) >= 11 is 0. The summed E-state index contributed by atoms with van der Waals surface area (Å²) in [6.45, 7) is 5.69. The van der Waals surface area contributed by atoms with E-state index in [1.807, 2.05) is 24.3 Å². The highest BCUT2D eigenvalue weighted by Gasteiger charge is 2.10. The first kappa shape index (κ1) is 13.4. The van der Waals surface area contributed by atoms with E-state index in [0.29, 0.717) is 23.9 Å². The van der Waals surface area contributed by atoms with Gasteiger partial charge in [-0.3, -0.25) is 0 Å². The van der Waals surface area contributed by atoms with Crippen molar-refractivity contribution in [2.24, 2.45) is 0 Å². The van der Waals surface area contributed by atoms with Gasteiger partial charge in [0.05, 0.1) is 14.2 Å². The number of ether oxygens (including phenoxy) is 3. The second-order valence-electron chi connectivity index (χ2n) is 3.33. The van der Waals surface area contributed by atoms with Gasteiger partial charge >= 0.3 is 0 Å². The molecule has 1 aromatic carbocycles. The van der Waals surface area contributed by atoms with Crippen LogP contribution in [-0.4, -0.2) is 33.9 Å². The van der Waals surface area contributed by atoms with E-state index < -0.39 is 0 Å². The number of methoxy groups -OCH3 is 2. The van der Waals surface area contributed by atoms with E-state index in [9.17, 15) is 0 Å². The Labute approximate surface area is 102 Å². The number of benzene rings is 1. The largest absolute Gasteiger partial charge is 0.493 e. The molecule has 0 aromatic heterocycles. The molecule has 0 aliphatic carbocycles. The van der Waals surface area contributed by atoms with Crippen LogP contribution in [-0.2, 0) is 0 Å². The molecule has 1 aromatic rings. The molecule has 17 heavy (non-hydrogen) atoms. The van der Waals surface area contributed by atoms with Crippen LogP contribution >= 0.6 is 0 Å². The van der Waals surface area contributed by atoms with Crippen molar-refractivity contribution < 1.29 is 14.2 Å². The van der Waals surface area contributed by atoms with Gasteiger partial charge in [-0.15, -0.1) is 6.58 Å². The van der Waals surface area contributed by atoms with Crippen LogP contribution in [0.25, 0.3) is 0 Å². The monoisotopic (exact) mass is 237 g/mol. The van der Waals surface area contributed by atoms with Crippen molar-refractivity contribution in [3.63, 3.8) is 0 Å². The third-order valence-corrected chi connectivity index (χ3v) is 2.20. The molecule has 0 bridgehead atoms. The lowest BCUT2D eigenvalue weighted by Crippen LogP contribution is -2.21. The van der Waals surface area contributed by atoms with E-state index in [4.69, 9.17) is 14.2 Å². The van der Waals surface area contributed by atoms with Crippen LogP contribution < -0.4 is 19.5 Å².